The lowest BCUT2D eigenvalue weighted by atomic mass is 9.91. The molecule has 2 N–H and O–H groups in total. The lowest BCUT2D eigenvalue weighted by Gasteiger charge is -2.30. The third-order valence-electron chi connectivity index (χ3n) is 4.15. The van der Waals surface area contributed by atoms with E-state index in [0.717, 1.165) is 26.1 Å². The first-order valence-electron chi connectivity index (χ1n) is 6.17. The second-order valence-electron chi connectivity index (χ2n) is 5.41. The maximum absolute atomic E-state index is 12.2. The molecule has 0 saturated carbocycles. The topological polar surface area (TPSA) is 50.4 Å². The van der Waals surface area contributed by atoms with E-state index >= 15 is 0 Å². The highest BCUT2D eigenvalue weighted by Crippen LogP contribution is 2.26. The number of amides is 1. The van der Waals surface area contributed by atoms with Crippen LogP contribution >= 0.6 is 0 Å². The molecule has 2 heterocycles. The summed E-state index contributed by atoms with van der Waals surface area (Å²) in [6.45, 7) is 8.73. The van der Waals surface area contributed by atoms with Gasteiger partial charge in [-0.25, -0.2) is 0 Å². The molecule has 4 atom stereocenters. The molecule has 0 bridgehead atoms. The molecule has 4 heteroatoms. The fourth-order valence-electron chi connectivity index (χ4n) is 2.53. The number of carbonyl (C=O) groups excluding carboxylic acids is 1. The predicted octanol–water partition coefficient (Wildman–Crippen LogP) is 0.526. The van der Waals surface area contributed by atoms with E-state index in [9.17, 15) is 4.79 Å². The Morgan fingerprint density at radius 2 is 2.19 bits per heavy atom. The monoisotopic (exact) mass is 226 g/mol. The summed E-state index contributed by atoms with van der Waals surface area (Å²) in [6.07, 6.45) is 1.02. The van der Waals surface area contributed by atoms with Crippen LogP contribution in [0.2, 0.25) is 0 Å². The van der Waals surface area contributed by atoms with Gasteiger partial charge in [-0.1, -0.05) is 6.92 Å². The summed E-state index contributed by atoms with van der Waals surface area (Å²) in [5.41, 5.74) is -0.181. The Hall–Kier alpha value is -0.610. The average molecular weight is 226 g/mol. The Bertz CT molecular complexity index is 282. The predicted molar refractivity (Wildman–Crippen MR) is 62.1 cm³/mol. The van der Waals surface area contributed by atoms with Gasteiger partial charge < -0.3 is 15.4 Å². The van der Waals surface area contributed by atoms with Gasteiger partial charge >= 0.3 is 0 Å². The van der Waals surface area contributed by atoms with Gasteiger partial charge in [0.2, 0.25) is 5.91 Å². The first-order chi connectivity index (χ1) is 7.53. The molecule has 0 aromatic rings. The zero-order chi connectivity index (χ0) is 11.8. The van der Waals surface area contributed by atoms with E-state index in [0.29, 0.717) is 5.92 Å². The molecule has 0 spiro atoms. The molecule has 92 valence electrons. The Balaban J connectivity index is 1.96. The van der Waals surface area contributed by atoms with E-state index in [1.807, 2.05) is 6.92 Å². The highest BCUT2D eigenvalue weighted by molar-refractivity contribution is 5.80. The van der Waals surface area contributed by atoms with E-state index in [2.05, 4.69) is 24.5 Å². The number of ether oxygens (including phenoxy) is 1. The smallest absolute Gasteiger partial charge is 0.225 e. The van der Waals surface area contributed by atoms with Gasteiger partial charge in [0, 0.05) is 13.2 Å². The van der Waals surface area contributed by atoms with E-state index in [1.165, 1.54) is 0 Å². The Morgan fingerprint density at radius 3 is 2.69 bits per heavy atom. The molecule has 0 aliphatic carbocycles. The third kappa shape index (κ3) is 2.09. The minimum Gasteiger partial charge on any atom is -0.376 e. The molecule has 1 amide bonds. The molecular formula is C12H22N2O2. The van der Waals surface area contributed by atoms with Crippen LogP contribution in [-0.2, 0) is 9.53 Å². The van der Waals surface area contributed by atoms with Crippen molar-refractivity contribution in [1.82, 2.24) is 10.6 Å². The number of rotatable bonds is 2. The van der Waals surface area contributed by atoms with Crippen LogP contribution in [0.15, 0.2) is 0 Å². The molecule has 2 aliphatic rings. The number of hydrogen-bond donors (Lipinski definition) is 2. The summed E-state index contributed by atoms with van der Waals surface area (Å²) in [7, 11) is 0. The largest absolute Gasteiger partial charge is 0.376 e. The lowest BCUT2D eigenvalue weighted by molar-refractivity contribution is -0.127. The van der Waals surface area contributed by atoms with Crippen molar-refractivity contribution in [3.63, 3.8) is 0 Å². The van der Waals surface area contributed by atoms with Gasteiger partial charge in [-0.05, 0) is 32.7 Å². The minimum atomic E-state index is -0.181. The first-order valence-corrected chi connectivity index (χ1v) is 6.17. The molecule has 4 unspecified atom stereocenters. The molecule has 0 aromatic carbocycles. The Morgan fingerprint density at radius 1 is 1.44 bits per heavy atom. The number of carbonyl (C=O) groups is 1. The van der Waals surface area contributed by atoms with Crippen molar-refractivity contribution in [2.24, 2.45) is 11.8 Å². The van der Waals surface area contributed by atoms with Crippen molar-refractivity contribution in [2.75, 3.05) is 19.7 Å². The summed E-state index contributed by atoms with van der Waals surface area (Å²) in [5.74, 6) is 0.725. The number of hydrogen-bond acceptors (Lipinski definition) is 3. The highest BCUT2D eigenvalue weighted by atomic mass is 16.5. The van der Waals surface area contributed by atoms with Crippen LogP contribution in [0.25, 0.3) is 0 Å². The maximum Gasteiger partial charge on any atom is 0.225 e. The summed E-state index contributed by atoms with van der Waals surface area (Å²) in [4.78, 5) is 12.2. The fourth-order valence-corrected chi connectivity index (χ4v) is 2.53. The second-order valence-corrected chi connectivity index (χ2v) is 5.41. The summed E-state index contributed by atoms with van der Waals surface area (Å²) < 4.78 is 5.53. The average Bonchev–Trinajstić information content (AvgIpc) is 2.75. The van der Waals surface area contributed by atoms with Gasteiger partial charge in [-0.15, -0.1) is 0 Å². The summed E-state index contributed by atoms with van der Waals surface area (Å²) in [5, 5.41) is 6.43. The van der Waals surface area contributed by atoms with Gasteiger partial charge in [0.1, 0.15) is 0 Å². The summed E-state index contributed by atoms with van der Waals surface area (Å²) in [6, 6.07) is 0. The van der Waals surface area contributed by atoms with Crippen LogP contribution in [0.5, 0.6) is 0 Å². The van der Waals surface area contributed by atoms with E-state index in [-0.39, 0.29) is 23.5 Å². The van der Waals surface area contributed by atoms with Crippen LogP contribution in [0.4, 0.5) is 0 Å². The van der Waals surface area contributed by atoms with Gasteiger partial charge in [0.15, 0.2) is 0 Å². The zero-order valence-corrected chi connectivity index (χ0v) is 10.4. The molecule has 16 heavy (non-hydrogen) atoms. The lowest BCUT2D eigenvalue weighted by Crippen LogP contribution is -2.53. The number of nitrogens with one attached hydrogen (secondary N) is 2. The van der Waals surface area contributed by atoms with Crippen LogP contribution in [-0.4, -0.2) is 37.2 Å². The molecule has 2 rings (SSSR count). The molecule has 2 aliphatic heterocycles. The third-order valence-corrected chi connectivity index (χ3v) is 4.15. The van der Waals surface area contributed by atoms with Gasteiger partial charge in [-0.2, -0.15) is 0 Å². The van der Waals surface area contributed by atoms with Gasteiger partial charge in [0.25, 0.3) is 0 Å². The molecule has 2 fully saturated rings. The molecular weight excluding hydrogens is 204 g/mol. The van der Waals surface area contributed by atoms with Crippen LogP contribution < -0.4 is 10.6 Å². The quantitative estimate of drug-likeness (QED) is 0.722. The van der Waals surface area contributed by atoms with Crippen LogP contribution in [0, 0.1) is 11.8 Å². The van der Waals surface area contributed by atoms with Crippen molar-refractivity contribution >= 4 is 5.91 Å². The summed E-state index contributed by atoms with van der Waals surface area (Å²) >= 11 is 0. The molecule has 2 saturated heterocycles. The van der Waals surface area contributed by atoms with Gasteiger partial charge in [-0.3, -0.25) is 4.79 Å². The normalized spacial score (nSPS) is 43.6. The van der Waals surface area contributed by atoms with Crippen LogP contribution in [0.1, 0.15) is 27.2 Å². The molecule has 0 aromatic heterocycles. The van der Waals surface area contributed by atoms with Crippen LogP contribution in [0.3, 0.4) is 0 Å². The van der Waals surface area contributed by atoms with E-state index in [4.69, 9.17) is 4.74 Å². The Kier molecular flexibility index (Phi) is 3.22. The Labute approximate surface area is 97.1 Å². The second kappa shape index (κ2) is 4.34. The highest BCUT2D eigenvalue weighted by Gasteiger charge is 2.40. The van der Waals surface area contributed by atoms with E-state index < -0.39 is 0 Å². The SMILES string of the molecule is CC1CNCC1C(=O)NC1(C)CCOC1C. The van der Waals surface area contributed by atoms with Crippen molar-refractivity contribution in [1.29, 1.82) is 0 Å². The van der Waals surface area contributed by atoms with Crippen molar-refractivity contribution in [2.45, 2.75) is 38.8 Å². The fraction of sp³-hybridized carbons (Fsp3) is 0.917. The zero-order valence-electron chi connectivity index (χ0n) is 10.4. The molecule has 0 radical (unpaired) electrons. The standard InChI is InChI=1S/C12H22N2O2/c1-8-6-13-7-10(8)11(15)14-12(3)4-5-16-9(12)2/h8-10,13H,4-7H2,1-3H3,(H,14,15). The van der Waals surface area contributed by atoms with Crippen molar-refractivity contribution in [3.8, 4) is 0 Å². The molecule has 4 nitrogen and oxygen atoms in total. The minimum absolute atomic E-state index is 0.112. The first kappa shape index (κ1) is 11.9. The van der Waals surface area contributed by atoms with Gasteiger partial charge in [0.05, 0.1) is 17.6 Å². The van der Waals surface area contributed by atoms with Crippen molar-refractivity contribution in [3.05, 3.63) is 0 Å². The van der Waals surface area contributed by atoms with Crippen molar-refractivity contribution < 1.29 is 9.53 Å². The maximum atomic E-state index is 12.2. The van der Waals surface area contributed by atoms with E-state index in [1.54, 1.807) is 0 Å².